The van der Waals surface area contributed by atoms with Gasteiger partial charge in [-0.05, 0) is 33.5 Å². The summed E-state index contributed by atoms with van der Waals surface area (Å²) in [6.07, 6.45) is 3.87. The Kier molecular flexibility index (Phi) is 7.48. The maximum atomic E-state index is 11.5. The van der Waals surface area contributed by atoms with Crippen LogP contribution >= 0.6 is 0 Å². The van der Waals surface area contributed by atoms with E-state index in [0.717, 1.165) is 32.4 Å². The molecule has 1 amide bonds. The number of unbranched alkanes of at least 4 members (excludes halogenated alkanes) is 1. The molecule has 0 saturated carbocycles. The second-order valence-electron chi connectivity index (χ2n) is 4.08. The van der Waals surface area contributed by atoms with Crippen LogP contribution in [0.3, 0.4) is 0 Å². The lowest BCUT2D eigenvalue weighted by Crippen LogP contribution is -2.29. The number of amides is 1. The predicted molar refractivity (Wildman–Crippen MR) is 60.3 cm³/mol. The molecule has 0 aromatic carbocycles. The van der Waals surface area contributed by atoms with Gasteiger partial charge < -0.3 is 9.80 Å². The first-order valence-corrected chi connectivity index (χ1v) is 5.46. The van der Waals surface area contributed by atoms with Crippen LogP contribution in [-0.4, -0.2) is 49.9 Å². The summed E-state index contributed by atoms with van der Waals surface area (Å²) in [4.78, 5) is 15.5. The first-order valence-electron chi connectivity index (χ1n) is 5.46. The molecule has 0 rings (SSSR count). The van der Waals surface area contributed by atoms with Gasteiger partial charge in [-0.25, -0.2) is 0 Å². The minimum atomic E-state index is 0.283. The lowest BCUT2D eigenvalue weighted by Gasteiger charge is -2.18. The van der Waals surface area contributed by atoms with E-state index >= 15 is 0 Å². The lowest BCUT2D eigenvalue weighted by atomic mass is 10.2. The van der Waals surface area contributed by atoms with Gasteiger partial charge >= 0.3 is 0 Å². The zero-order valence-corrected chi connectivity index (χ0v) is 10.0. The van der Waals surface area contributed by atoms with Gasteiger partial charge in [-0.15, -0.1) is 0 Å². The van der Waals surface area contributed by atoms with E-state index < -0.39 is 0 Å². The van der Waals surface area contributed by atoms with Crippen molar-refractivity contribution < 1.29 is 4.79 Å². The molecule has 0 fully saturated rings. The zero-order valence-electron chi connectivity index (χ0n) is 10.0. The average Bonchev–Trinajstić information content (AvgIpc) is 2.13. The Balaban J connectivity index is 3.51. The Hall–Kier alpha value is -0.570. The van der Waals surface area contributed by atoms with Crippen molar-refractivity contribution >= 4 is 5.91 Å². The molecule has 14 heavy (non-hydrogen) atoms. The molecule has 3 nitrogen and oxygen atoms in total. The maximum Gasteiger partial charge on any atom is 0.222 e. The van der Waals surface area contributed by atoms with Gasteiger partial charge in [-0.2, -0.15) is 0 Å². The minimum absolute atomic E-state index is 0.283. The van der Waals surface area contributed by atoms with Crippen molar-refractivity contribution in [2.24, 2.45) is 0 Å². The number of carbonyl (C=O) groups excluding carboxylic acids is 1. The predicted octanol–water partition coefficient (Wildman–Crippen LogP) is 1.59. The van der Waals surface area contributed by atoms with Crippen molar-refractivity contribution in [3.05, 3.63) is 0 Å². The first-order chi connectivity index (χ1) is 6.57. The summed E-state index contributed by atoms with van der Waals surface area (Å²) in [6.45, 7) is 4.03. The molecule has 0 aliphatic rings. The highest BCUT2D eigenvalue weighted by atomic mass is 16.2. The number of hydrogen-bond acceptors (Lipinski definition) is 2. The summed E-state index contributed by atoms with van der Waals surface area (Å²) in [7, 11) is 6.01. The van der Waals surface area contributed by atoms with Crippen molar-refractivity contribution in [3.63, 3.8) is 0 Å². The van der Waals surface area contributed by atoms with Crippen LogP contribution in [0, 0.1) is 0 Å². The Morgan fingerprint density at radius 2 is 1.71 bits per heavy atom. The van der Waals surface area contributed by atoms with E-state index in [9.17, 15) is 4.79 Å². The van der Waals surface area contributed by atoms with E-state index in [0.29, 0.717) is 6.42 Å². The van der Waals surface area contributed by atoms with Gasteiger partial charge in [0.15, 0.2) is 0 Å². The van der Waals surface area contributed by atoms with Crippen molar-refractivity contribution in [1.82, 2.24) is 9.80 Å². The molecule has 0 radical (unpaired) electrons. The molecule has 0 atom stereocenters. The Morgan fingerprint density at radius 1 is 1.07 bits per heavy atom. The number of hydrogen-bond donors (Lipinski definition) is 0. The Labute approximate surface area is 88.1 Å². The Bertz CT molecular complexity index is 157. The van der Waals surface area contributed by atoms with Crippen LogP contribution in [-0.2, 0) is 4.79 Å². The zero-order chi connectivity index (χ0) is 11.0. The molecule has 0 unspecified atom stereocenters. The fourth-order valence-corrected chi connectivity index (χ4v) is 1.27. The van der Waals surface area contributed by atoms with E-state index in [1.54, 1.807) is 0 Å². The Morgan fingerprint density at radius 3 is 2.21 bits per heavy atom. The molecule has 0 aliphatic heterocycles. The van der Waals surface area contributed by atoms with E-state index in [-0.39, 0.29) is 5.91 Å². The fourth-order valence-electron chi connectivity index (χ4n) is 1.27. The van der Waals surface area contributed by atoms with Gasteiger partial charge in [-0.1, -0.05) is 13.3 Å². The van der Waals surface area contributed by atoms with E-state index in [1.165, 1.54) is 0 Å². The summed E-state index contributed by atoms with van der Waals surface area (Å²) in [6, 6.07) is 0. The van der Waals surface area contributed by atoms with Gasteiger partial charge in [0.1, 0.15) is 0 Å². The molecule has 0 N–H and O–H groups in total. The first kappa shape index (κ1) is 13.4. The summed E-state index contributed by atoms with van der Waals surface area (Å²) in [5.41, 5.74) is 0. The van der Waals surface area contributed by atoms with Crippen LogP contribution in [0.15, 0.2) is 0 Å². The van der Waals surface area contributed by atoms with Crippen molar-refractivity contribution in [1.29, 1.82) is 0 Å². The molecule has 0 heterocycles. The normalized spacial score (nSPS) is 10.6. The summed E-state index contributed by atoms with van der Waals surface area (Å²) in [5, 5.41) is 0. The molecule has 0 spiro atoms. The highest BCUT2D eigenvalue weighted by molar-refractivity contribution is 5.75. The van der Waals surface area contributed by atoms with Crippen molar-refractivity contribution in [2.75, 3.05) is 34.2 Å². The molecular formula is C11H24N2O. The molecule has 84 valence electrons. The standard InChI is InChI=1S/C11H24N2O/c1-5-6-8-11(14)13(4)10-7-9-12(2)3/h5-10H2,1-4H3. The smallest absolute Gasteiger partial charge is 0.222 e. The second-order valence-corrected chi connectivity index (χ2v) is 4.08. The third kappa shape index (κ3) is 6.89. The number of rotatable bonds is 7. The quantitative estimate of drug-likeness (QED) is 0.623. The van der Waals surface area contributed by atoms with Gasteiger partial charge in [0, 0.05) is 20.0 Å². The molecular weight excluding hydrogens is 176 g/mol. The van der Waals surface area contributed by atoms with Gasteiger partial charge in [0.05, 0.1) is 0 Å². The van der Waals surface area contributed by atoms with Gasteiger partial charge in [-0.3, -0.25) is 4.79 Å². The largest absolute Gasteiger partial charge is 0.346 e. The van der Waals surface area contributed by atoms with Crippen LogP contribution in [0.25, 0.3) is 0 Å². The fraction of sp³-hybridized carbons (Fsp3) is 0.909. The van der Waals surface area contributed by atoms with Crippen LogP contribution in [0.1, 0.15) is 32.6 Å². The average molecular weight is 200 g/mol. The topological polar surface area (TPSA) is 23.6 Å². The molecule has 0 saturated heterocycles. The lowest BCUT2D eigenvalue weighted by molar-refractivity contribution is -0.130. The SMILES string of the molecule is CCCCC(=O)N(C)CCCN(C)C. The van der Waals surface area contributed by atoms with Crippen LogP contribution < -0.4 is 0 Å². The van der Waals surface area contributed by atoms with Gasteiger partial charge in [0.2, 0.25) is 5.91 Å². The van der Waals surface area contributed by atoms with Crippen molar-refractivity contribution in [2.45, 2.75) is 32.6 Å². The van der Waals surface area contributed by atoms with Gasteiger partial charge in [0.25, 0.3) is 0 Å². The third-order valence-electron chi connectivity index (χ3n) is 2.27. The molecule has 0 aliphatic carbocycles. The summed E-state index contributed by atoms with van der Waals surface area (Å²) < 4.78 is 0. The maximum absolute atomic E-state index is 11.5. The van der Waals surface area contributed by atoms with Crippen molar-refractivity contribution in [3.8, 4) is 0 Å². The molecule has 0 aromatic heterocycles. The molecule has 0 bridgehead atoms. The second kappa shape index (κ2) is 7.80. The van der Waals surface area contributed by atoms with E-state index in [4.69, 9.17) is 0 Å². The number of nitrogens with zero attached hydrogens (tertiary/aromatic N) is 2. The third-order valence-corrected chi connectivity index (χ3v) is 2.27. The van der Waals surface area contributed by atoms with Crippen LogP contribution in [0.5, 0.6) is 0 Å². The summed E-state index contributed by atoms with van der Waals surface area (Å²) in [5.74, 6) is 0.283. The summed E-state index contributed by atoms with van der Waals surface area (Å²) >= 11 is 0. The highest BCUT2D eigenvalue weighted by Gasteiger charge is 2.06. The van der Waals surface area contributed by atoms with Crippen LogP contribution in [0.2, 0.25) is 0 Å². The monoisotopic (exact) mass is 200 g/mol. The molecule has 3 heteroatoms. The molecule has 0 aromatic rings. The highest BCUT2D eigenvalue weighted by Crippen LogP contribution is 1.99. The van der Waals surface area contributed by atoms with E-state index in [2.05, 4.69) is 25.9 Å². The van der Waals surface area contributed by atoms with Crippen LogP contribution in [0.4, 0.5) is 0 Å². The van der Waals surface area contributed by atoms with E-state index in [1.807, 2.05) is 11.9 Å². The minimum Gasteiger partial charge on any atom is -0.346 e. The number of carbonyl (C=O) groups is 1.